The second-order valence-corrected chi connectivity index (χ2v) is 19.2. The number of carbonyl (C=O) groups excluding carboxylic acids is 1. The summed E-state index contributed by atoms with van der Waals surface area (Å²) in [5.41, 5.74) is 0. The Balaban J connectivity index is 3.82. The molecular formula is C54H95N2O6P. The second kappa shape index (κ2) is 44.6. The number of aliphatic hydroxyl groups is 1. The number of likely N-dealkylation sites (N-methyl/N-ethyl adjacent to an activating group) is 1. The number of phosphoric acid groups is 1. The van der Waals surface area contributed by atoms with Gasteiger partial charge in [0.05, 0.1) is 39.9 Å². The van der Waals surface area contributed by atoms with Gasteiger partial charge in [0.25, 0.3) is 7.82 Å². The summed E-state index contributed by atoms with van der Waals surface area (Å²) in [5, 5.41) is 13.5. The van der Waals surface area contributed by atoms with Crippen LogP contribution < -0.4 is 10.2 Å². The Kier molecular flexibility index (Phi) is 42.8. The third-order valence-corrected chi connectivity index (χ3v) is 11.5. The number of nitrogens with zero attached hydrogens (tertiary/aromatic N) is 1. The molecule has 63 heavy (non-hydrogen) atoms. The van der Waals surface area contributed by atoms with E-state index in [2.05, 4.69) is 104 Å². The lowest BCUT2D eigenvalue weighted by Crippen LogP contribution is -2.45. The van der Waals surface area contributed by atoms with Crippen molar-refractivity contribution in [2.75, 3.05) is 40.9 Å². The van der Waals surface area contributed by atoms with E-state index in [1.807, 2.05) is 27.2 Å². The smallest absolute Gasteiger partial charge is 0.268 e. The van der Waals surface area contributed by atoms with E-state index in [1.54, 1.807) is 6.08 Å². The molecule has 0 aromatic carbocycles. The third-order valence-electron chi connectivity index (χ3n) is 10.5. The highest BCUT2D eigenvalue weighted by Crippen LogP contribution is 2.38. The van der Waals surface area contributed by atoms with Crippen molar-refractivity contribution >= 4 is 13.7 Å². The zero-order chi connectivity index (χ0) is 46.4. The summed E-state index contributed by atoms with van der Waals surface area (Å²) in [4.78, 5) is 25.1. The molecule has 0 saturated heterocycles. The minimum Gasteiger partial charge on any atom is -0.756 e. The molecule has 1 amide bonds. The first-order chi connectivity index (χ1) is 30.5. The molecule has 0 aliphatic heterocycles. The Bertz CT molecular complexity index is 1340. The average molecular weight is 899 g/mol. The molecule has 0 radical (unpaired) electrons. The molecule has 362 valence electrons. The van der Waals surface area contributed by atoms with Crippen LogP contribution in [-0.2, 0) is 18.4 Å². The second-order valence-electron chi connectivity index (χ2n) is 17.8. The van der Waals surface area contributed by atoms with Crippen LogP contribution in [0.25, 0.3) is 0 Å². The van der Waals surface area contributed by atoms with Crippen LogP contribution in [0.4, 0.5) is 0 Å². The van der Waals surface area contributed by atoms with Gasteiger partial charge < -0.3 is 28.8 Å². The van der Waals surface area contributed by atoms with Crippen LogP contribution >= 0.6 is 7.82 Å². The fraction of sp³-hybridized carbons (Fsp3) is 0.685. The topological polar surface area (TPSA) is 108 Å². The maximum atomic E-state index is 12.7. The van der Waals surface area contributed by atoms with Crippen molar-refractivity contribution < 1.29 is 32.9 Å². The summed E-state index contributed by atoms with van der Waals surface area (Å²) in [6, 6.07) is -0.886. The Morgan fingerprint density at radius 2 is 0.968 bits per heavy atom. The zero-order valence-electron chi connectivity index (χ0n) is 41.0. The highest BCUT2D eigenvalue weighted by Gasteiger charge is 2.23. The molecule has 3 unspecified atom stereocenters. The van der Waals surface area contributed by atoms with Gasteiger partial charge in [0.1, 0.15) is 13.2 Å². The quantitative estimate of drug-likeness (QED) is 0.0273. The largest absolute Gasteiger partial charge is 0.756 e. The van der Waals surface area contributed by atoms with Gasteiger partial charge in [0.15, 0.2) is 0 Å². The van der Waals surface area contributed by atoms with E-state index in [0.717, 1.165) is 83.5 Å². The Labute approximate surface area is 388 Å². The Morgan fingerprint density at radius 1 is 0.571 bits per heavy atom. The van der Waals surface area contributed by atoms with Crippen LogP contribution in [0.15, 0.2) is 97.2 Å². The fourth-order valence-corrected chi connectivity index (χ4v) is 7.31. The summed E-state index contributed by atoms with van der Waals surface area (Å²) in [7, 11) is 1.24. The number of carbonyl (C=O) groups is 1. The van der Waals surface area contributed by atoms with Crippen molar-refractivity contribution in [2.45, 2.75) is 199 Å². The minimum absolute atomic E-state index is 0.00553. The van der Waals surface area contributed by atoms with Gasteiger partial charge in [-0.25, -0.2) is 0 Å². The summed E-state index contributed by atoms with van der Waals surface area (Å²) in [5.74, 6) is -0.211. The molecule has 8 nitrogen and oxygen atoms in total. The van der Waals surface area contributed by atoms with Gasteiger partial charge in [-0.1, -0.05) is 207 Å². The predicted molar refractivity (Wildman–Crippen MR) is 269 cm³/mol. The minimum atomic E-state index is -4.57. The molecule has 0 rings (SSSR count). The first kappa shape index (κ1) is 60.4. The van der Waals surface area contributed by atoms with Crippen molar-refractivity contribution in [1.29, 1.82) is 0 Å². The predicted octanol–water partition coefficient (Wildman–Crippen LogP) is 14.1. The lowest BCUT2D eigenvalue weighted by molar-refractivity contribution is -0.870. The van der Waals surface area contributed by atoms with E-state index in [-0.39, 0.29) is 19.1 Å². The number of quaternary nitrogens is 1. The van der Waals surface area contributed by atoms with Gasteiger partial charge in [-0.3, -0.25) is 9.36 Å². The first-order valence-electron chi connectivity index (χ1n) is 25.1. The molecule has 3 atom stereocenters. The van der Waals surface area contributed by atoms with Crippen molar-refractivity contribution in [3.8, 4) is 0 Å². The van der Waals surface area contributed by atoms with E-state index in [0.29, 0.717) is 17.4 Å². The number of amides is 1. The number of hydrogen-bond donors (Lipinski definition) is 2. The lowest BCUT2D eigenvalue weighted by atomic mass is 10.0. The molecule has 0 saturated carbocycles. The van der Waals surface area contributed by atoms with Crippen molar-refractivity contribution in [1.82, 2.24) is 5.32 Å². The molecule has 0 spiro atoms. The van der Waals surface area contributed by atoms with E-state index in [9.17, 15) is 19.4 Å². The van der Waals surface area contributed by atoms with E-state index in [1.165, 1.54) is 83.5 Å². The standard InChI is InChI=1S/C54H95N2O6P/c1-6-8-10-12-13-14-15-16-17-18-19-20-21-22-23-24-25-26-27-28-29-30-31-32-33-34-35-36-37-38-39-40-41-42-43-44-46-48-54(58)55-52(53(57)47-45-11-9-7-2)51-62-63(59,60)61-50-49-56(3,4)5/h8,10,13-14,16-17,19-20,22-23,25-26,28-29,45,47,52-53,57H,6-7,9,11-12,15,18,21,24,27,30-44,46,48-51H2,1-5H3,(H-,55,58,59,60)/b10-8-,14-13-,17-16-,20-19-,23-22-,26-25-,29-28-,47-45+. The molecule has 0 aromatic rings. The van der Waals surface area contributed by atoms with Gasteiger partial charge in [0.2, 0.25) is 5.91 Å². The normalized spacial score (nSPS) is 15.0. The first-order valence-corrected chi connectivity index (χ1v) is 26.6. The number of unbranched alkanes of at least 4 members (excludes halogenated alkanes) is 17. The molecule has 0 heterocycles. The van der Waals surface area contributed by atoms with Crippen molar-refractivity contribution in [2.24, 2.45) is 0 Å². The number of rotatable bonds is 44. The van der Waals surface area contributed by atoms with Crippen LogP contribution in [0.1, 0.15) is 187 Å². The molecule has 0 aromatic heterocycles. The number of hydrogen-bond acceptors (Lipinski definition) is 6. The maximum absolute atomic E-state index is 12.7. The molecule has 0 aliphatic carbocycles. The molecule has 0 fully saturated rings. The van der Waals surface area contributed by atoms with E-state index < -0.39 is 20.0 Å². The number of phosphoric ester groups is 1. The Hall–Kier alpha value is -2.58. The molecule has 0 aliphatic rings. The highest BCUT2D eigenvalue weighted by molar-refractivity contribution is 7.45. The summed E-state index contributed by atoms with van der Waals surface area (Å²) < 4.78 is 23.0. The van der Waals surface area contributed by atoms with Crippen LogP contribution in [0.3, 0.4) is 0 Å². The van der Waals surface area contributed by atoms with Crippen LogP contribution in [0.5, 0.6) is 0 Å². The van der Waals surface area contributed by atoms with Crippen molar-refractivity contribution in [3.05, 3.63) is 97.2 Å². The zero-order valence-corrected chi connectivity index (χ0v) is 41.9. The lowest BCUT2D eigenvalue weighted by Gasteiger charge is -2.29. The van der Waals surface area contributed by atoms with E-state index >= 15 is 0 Å². The number of aliphatic hydroxyl groups excluding tert-OH is 1. The monoisotopic (exact) mass is 899 g/mol. The maximum Gasteiger partial charge on any atom is 0.268 e. The van der Waals surface area contributed by atoms with Gasteiger partial charge >= 0.3 is 0 Å². The SMILES string of the molecule is CC/C=C\C/C=C\C/C=C\C/C=C\C/C=C\C/C=C\C/C=C\CCCCCCCCCCCCCCCCCC(=O)NC(COP(=O)([O-])OCC[N+](C)(C)C)C(O)/C=C/CCCC. The third kappa shape index (κ3) is 47.2. The van der Waals surface area contributed by atoms with Crippen molar-refractivity contribution in [3.63, 3.8) is 0 Å². The van der Waals surface area contributed by atoms with Gasteiger partial charge in [0, 0.05) is 6.42 Å². The fourth-order valence-electron chi connectivity index (χ4n) is 6.59. The van der Waals surface area contributed by atoms with Crippen LogP contribution in [0, 0.1) is 0 Å². The summed E-state index contributed by atoms with van der Waals surface area (Å²) >= 11 is 0. The highest BCUT2D eigenvalue weighted by atomic mass is 31.2. The summed E-state index contributed by atoms with van der Waals surface area (Å²) in [6.07, 6.45) is 64.1. The molecule has 2 N–H and O–H groups in total. The average Bonchev–Trinajstić information content (AvgIpc) is 3.24. The molecule has 0 bridgehead atoms. The molecular weight excluding hydrogens is 804 g/mol. The number of nitrogens with one attached hydrogen (secondary N) is 1. The van der Waals surface area contributed by atoms with E-state index in [4.69, 9.17) is 9.05 Å². The van der Waals surface area contributed by atoms with Gasteiger partial charge in [-0.15, -0.1) is 0 Å². The Morgan fingerprint density at radius 3 is 1.40 bits per heavy atom. The molecule has 9 heteroatoms. The van der Waals surface area contributed by atoms with Crippen LogP contribution in [0.2, 0.25) is 0 Å². The van der Waals surface area contributed by atoms with Gasteiger partial charge in [-0.05, 0) is 70.6 Å². The van der Waals surface area contributed by atoms with Gasteiger partial charge in [-0.2, -0.15) is 0 Å². The summed E-state index contributed by atoms with van der Waals surface area (Å²) in [6.45, 7) is 4.35. The van der Waals surface area contributed by atoms with Crippen LogP contribution in [-0.4, -0.2) is 68.5 Å². The number of allylic oxidation sites excluding steroid dienone is 15.